The highest BCUT2D eigenvalue weighted by Gasteiger charge is 2.19. The van der Waals surface area contributed by atoms with Crippen LogP contribution in [0.2, 0.25) is 0 Å². The standard InChI is InChI=1S/C17H26N2O3/c1-15(2)22-17(20)14-19-10-8-18(9-11-19)12-13-21-16-6-4-3-5-7-16/h3-7,15H,8-14H2,1-2H3. The second kappa shape index (κ2) is 8.76. The first-order valence-electron chi connectivity index (χ1n) is 7.95. The number of hydrogen-bond donors (Lipinski definition) is 0. The molecule has 0 radical (unpaired) electrons. The third-order valence-electron chi connectivity index (χ3n) is 3.60. The number of esters is 1. The molecule has 0 N–H and O–H groups in total. The van der Waals surface area contributed by atoms with Gasteiger partial charge in [0.05, 0.1) is 12.6 Å². The van der Waals surface area contributed by atoms with Crippen LogP contribution in [0.5, 0.6) is 5.75 Å². The minimum atomic E-state index is -0.129. The van der Waals surface area contributed by atoms with E-state index < -0.39 is 0 Å². The molecule has 1 saturated heterocycles. The van der Waals surface area contributed by atoms with Gasteiger partial charge in [0.1, 0.15) is 12.4 Å². The summed E-state index contributed by atoms with van der Waals surface area (Å²) >= 11 is 0. The monoisotopic (exact) mass is 306 g/mol. The molecule has 0 amide bonds. The first-order valence-corrected chi connectivity index (χ1v) is 7.95. The highest BCUT2D eigenvalue weighted by Crippen LogP contribution is 2.08. The molecule has 0 unspecified atom stereocenters. The molecule has 1 aliphatic heterocycles. The largest absolute Gasteiger partial charge is 0.492 e. The number of nitrogens with zero attached hydrogens (tertiary/aromatic N) is 2. The van der Waals surface area contributed by atoms with Gasteiger partial charge in [-0.3, -0.25) is 14.6 Å². The predicted octanol–water partition coefficient (Wildman–Crippen LogP) is 1.63. The Bertz CT molecular complexity index is 442. The molecule has 1 fully saturated rings. The fourth-order valence-electron chi connectivity index (χ4n) is 2.46. The smallest absolute Gasteiger partial charge is 0.320 e. The molecule has 5 nitrogen and oxygen atoms in total. The minimum absolute atomic E-state index is 0.0380. The second-order valence-electron chi connectivity index (χ2n) is 5.82. The summed E-state index contributed by atoms with van der Waals surface area (Å²) in [7, 11) is 0. The van der Waals surface area contributed by atoms with Gasteiger partial charge in [-0.1, -0.05) is 18.2 Å². The molecule has 0 bridgehead atoms. The Morgan fingerprint density at radius 2 is 1.73 bits per heavy atom. The van der Waals surface area contributed by atoms with E-state index in [0.717, 1.165) is 38.5 Å². The van der Waals surface area contributed by atoms with Crippen LogP contribution < -0.4 is 4.74 Å². The van der Waals surface area contributed by atoms with Gasteiger partial charge in [-0.05, 0) is 26.0 Å². The average Bonchev–Trinajstić information content (AvgIpc) is 2.49. The van der Waals surface area contributed by atoms with Gasteiger partial charge in [0.25, 0.3) is 0 Å². The average molecular weight is 306 g/mol. The van der Waals surface area contributed by atoms with E-state index in [1.54, 1.807) is 0 Å². The Morgan fingerprint density at radius 3 is 2.36 bits per heavy atom. The van der Waals surface area contributed by atoms with Crippen LogP contribution in [-0.2, 0) is 9.53 Å². The molecule has 0 atom stereocenters. The Morgan fingerprint density at radius 1 is 1.09 bits per heavy atom. The molecule has 22 heavy (non-hydrogen) atoms. The van der Waals surface area contributed by atoms with Gasteiger partial charge in [-0.15, -0.1) is 0 Å². The number of carbonyl (C=O) groups is 1. The van der Waals surface area contributed by atoms with E-state index in [4.69, 9.17) is 9.47 Å². The van der Waals surface area contributed by atoms with Crippen LogP contribution in [0.4, 0.5) is 0 Å². The first-order chi connectivity index (χ1) is 10.6. The molecule has 0 aliphatic carbocycles. The van der Waals surface area contributed by atoms with Gasteiger partial charge in [0.15, 0.2) is 0 Å². The lowest BCUT2D eigenvalue weighted by atomic mass is 10.3. The van der Waals surface area contributed by atoms with Crippen LogP contribution in [0.15, 0.2) is 30.3 Å². The number of piperazine rings is 1. The van der Waals surface area contributed by atoms with E-state index in [-0.39, 0.29) is 12.1 Å². The topological polar surface area (TPSA) is 42.0 Å². The van der Waals surface area contributed by atoms with Crippen molar-refractivity contribution in [3.8, 4) is 5.75 Å². The third-order valence-corrected chi connectivity index (χ3v) is 3.60. The molecule has 1 heterocycles. The second-order valence-corrected chi connectivity index (χ2v) is 5.82. The van der Waals surface area contributed by atoms with Crippen LogP contribution in [0.25, 0.3) is 0 Å². The molecule has 1 aromatic carbocycles. The lowest BCUT2D eigenvalue weighted by Gasteiger charge is -2.34. The lowest BCUT2D eigenvalue weighted by molar-refractivity contribution is -0.149. The summed E-state index contributed by atoms with van der Waals surface area (Å²) in [5.74, 6) is 0.786. The van der Waals surface area contributed by atoms with Crippen LogP contribution in [-0.4, -0.2) is 67.7 Å². The summed E-state index contributed by atoms with van der Waals surface area (Å²) in [4.78, 5) is 16.2. The van der Waals surface area contributed by atoms with Crippen molar-refractivity contribution >= 4 is 5.97 Å². The summed E-state index contributed by atoms with van der Waals surface area (Å²) in [6.07, 6.45) is -0.0380. The molecule has 1 aromatic rings. The van der Waals surface area contributed by atoms with Crippen molar-refractivity contribution in [3.05, 3.63) is 30.3 Å². The number of carbonyl (C=O) groups excluding carboxylic acids is 1. The van der Waals surface area contributed by atoms with Crippen molar-refractivity contribution in [2.24, 2.45) is 0 Å². The molecule has 1 aliphatic rings. The van der Waals surface area contributed by atoms with Gasteiger partial charge < -0.3 is 9.47 Å². The lowest BCUT2D eigenvalue weighted by Crippen LogP contribution is -2.49. The van der Waals surface area contributed by atoms with E-state index >= 15 is 0 Å². The van der Waals surface area contributed by atoms with Gasteiger partial charge >= 0.3 is 5.97 Å². The van der Waals surface area contributed by atoms with Crippen molar-refractivity contribution in [1.82, 2.24) is 9.80 Å². The Labute approximate surface area is 132 Å². The normalized spacial score (nSPS) is 16.7. The summed E-state index contributed by atoms with van der Waals surface area (Å²) in [5.41, 5.74) is 0. The van der Waals surface area contributed by atoms with E-state index in [2.05, 4.69) is 9.80 Å². The fourth-order valence-corrected chi connectivity index (χ4v) is 2.46. The van der Waals surface area contributed by atoms with Crippen molar-refractivity contribution < 1.29 is 14.3 Å². The van der Waals surface area contributed by atoms with Crippen LogP contribution in [0.1, 0.15) is 13.8 Å². The fraction of sp³-hybridized carbons (Fsp3) is 0.588. The van der Waals surface area contributed by atoms with Crippen LogP contribution in [0, 0.1) is 0 Å². The maximum absolute atomic E-state index is 11.6. The molecule has 0 aromatic heterocycles. The van der Waals surface area contributed by atoms with E-state index in [9.17, 15) is 4.79 Å². The first kappa shape index (κ1) is 16.8. The number of rotatable bonds is 7. The predicted molar refractivity (Wildman–Crippen MR) is 86.0 cm³/mol. The Kier molecular flexibility index (Phi) is 6.68. The number of para-hydroxylation sites is 1. The van der Waals surface area contributed by atoms with Gasteiger partial charge in [0, 0.05) is 32.7 Å². The molecule has 2 rings (SSSR count). The quantitative estimate of drug-likeness (QED) is 0.716. The van der Waals surface area contributed by atoms with E-state index in [1.165, 1.54) is 0 Å². The molecular formula is C17H26N2O3. The summed E-state index contributed by atoms with van der Waals surface area (Å²) in [5, 5.41) is 0. The highest BCUT2D eigenvalue weighted by atomic mass is 16.5. The number of benzene rings is 1. The van der Waals surface area contributed by atoms with Gasteiger partial charge in [-0.2, -0.15) is 0 Å². The highest BCUT2D eigenvalue weighted by molar-refractivity contribution is 5.71. The maximum atomic E-state index is 11.6. The molecule has 0 saturated carbocycles. The zero-order valence-electron chi connectivity index (χ0n) is 13.5. The van der Waals surface area contributed by atoms with Crippen molar-refractivity contribution in [3.63, 3.8) is 0 Å². The van der Waals surface area contributed by atoms with Crippen LogP contribution >= 0.6 is 0 Å². The Hall–Kier alpha value is -1.59. The summed E-state index contributed by atoms with van der Waals surface area (Å²) in [6.45, 7) is 9.49. The molecule has 0 spiro atoms. The molecular weight excluding hydrogens is 280 g/mol. The van der Waals surface area contributed by atoms with Gasteiger partial charge in [-0.25, -0.2) is 0 Å². The van der Waals surface area contributed by atoms with Gasteiger partial charge in [0.2, 0.25) is 0 Å². The Balaban J connectivity index is 1.60. The molecule has 122 valence electrons. The SMILES string of the molecule is CC(C)OC(=O)CN1CCN(CCOc2ccccc2)CC1. The number of hydrogen-bond acceptors (Lipinski definition) is 5. The van der Waals surface area contributed by atoms with Crippen LogP contribution in [0.3, 0.4) is 0 Å². The minimum Gasteiger partial charge on any atom is -0.492 e. The summed E-state index contributed by atoms with van der Waals surface area (Å²) in [6, 6.07) is 9.88. The zero-order chi connectivity index (χ0) is 15.8. The van der Waals surface area contributed by atoms with Crippen molar-refractivity contribution in [2.75, 3.05) is 45.9 Å². The van der Waals surface area contributed by atoms with E-state index in [0.29, 0.717) is 13.2 Å². The summed E-state index contributed by atoms with van der Waals surface area (Å²) < 4.78 is 10.9. The maximum Gasteiger partial charge on any atom is 0.320 e. The number of ether oxygens (including phenoxy) is 2. The van der Waals surface area contributed by atoms with Crippen molar-refractivity contribution in [1.29, 1.82) is 0 Å². The third kappa shape index (κ3) is 6.03. The molecule has 5 heteroatoms. The zero-order valence-corrected chi connectivity index (χ0v) is 13.5. The van der Waals surface area contributed by atoms with Crippen molar-refractivity contribution in [2.45, 2.75) is 20.0 Å². The van der Waals surface area contributed by atoms with E-state index in [1.807, 2.05) is 44.2 Å².